The van der Waals surface area contributed by atoms with Crippen molar-refractivity contribution in [3.63, 3.8) is 0 Å². The Labute approximate surface area is 129 Å². The van der Waals surface area contributed by atoms with Gasteiger partial charge in [0, 0.05) is 17.7 Å². The Morgan fingerprint density at radius 1 is 0.870 bits per heavy atom. The van der Waals surface area contributed by atoms with E-state index in [-0.39, 0.29) is 11.3 Å². The molecule has 3 rings (SSSR count). The lowest BCUT2D eigenvalue weighted by atomic mass is 9.86. The van der Waals surface area contributed by atoms with Crippen LogP contribution >= 0.6 is 0 Å². The minimum absolute atomic E-state index is 0.156. The molecule has 23 heavy (non-hydrogen) atoms. The molecule has 120 valence electrons. The van der Waals surface area contributed by atoms with Gasteiger partial charge in [-0.25, -0.2) is 0 Å². The van der Waals surface area contributed by atoms with Gasteiger partial charge >= 0.3 is 5.79 Å². The Morgan fingerprint density at radius 2 is 1.48 bits per heavy atom. The van der Waals surface area contributed by atoms with Crippen molar-refractivity contribution in [1.29, 1.82) is 0 Å². The number of phenolic OH excluding ortho intramolecular Hbond substituents is 3. The fourth-order valence-corrected chi connectivity index (χ4v) is 2.40. The Balaban J connectivity index is 2.23. The molecule has 0 radical (unpaired) electrons. The Hall–Kier alpha value is -2.81. The van der Waals surface area contributed by atoms with E-state index in [1.807, 2.05) is 0 Å². The lowest BCUT2D eigenvalue weighted by molar-refractivity contribution is -0.328. The van der Waals surface area contributed by atoms with Crippen LogP contribution in [0.2, 0.25) is 0 Å². The van der Waals surface area contributed by atoms with Crippen LogP contribution in [-0.4, -0.2) is 42.2 Å². The molecule has 1 atom stereocenters. The van der Waals surface area contributed by atoms with Crippen LogP contribution in [0.4, 0.5) is 0 Å². The molecule has 0 bridgehead atoms. The van der Waals surface area contributed by atoms with Gasteiger partial charge in [0.25, 0.3) is 5.79 Å². The van der Waals surface area contributed by atoms with Gasteiger partial charge in [-0.3, -0.25) is 4.79 Å². The first-order valence-electron chi connectivity index (χ1n) is 6.43. The average Bonchev–Trinajstić information content (AvgIpc) is 2.45. The summed E-state index contributed by atoms with van der Waals surface area (Å²) in [6.45, 7) is 0. The summed E-state index contributed by atoms with van der Waals surface area (Å²) in [6, 6.07) is 6.29. The number of ether oxygens (including phenoxy) is 1. The Morgan fingerprint density at radius 3 is 2.09 bits per heavy atom. The van der Waals surface area contributed by atoms with Crippen LogP contribution in [0.3, 0.4) is 0 Å². The lowest BCUT2D eigenvalue weighted by Gasteiger charge is -2.42. The van der Waals surface area contributed by atoms with Crippen molar-refractivity contribution in [2.45, 2.75) is 11.6 Å². The number of phenols is 3. The summed E-state index contributed by atoms with van der Waals surface area (Å²) in [5.74, 6) is -9.50. The summed E-state index contributed by atoms with van der Waals surface area (Å²) >= 11 is 0. The highest BCUT2D eigenvalue weighted by Gasteiger charge is 2.62. The van der Waals surface area contributed by atoms with E-state index in [0.29, 0.717) is 0 Å². The SMILES string of the molecule is O=C1c2c(O)cc(O)cc2OC(O)(c2ccc(O)cc2)C1(O)O. The molecule has 0 saturated heterocycles. The molecule has 2 aromatic carbocycles. The zero-order valence-corrected chi connectivity index (χ0v) is 11.5. The first-order chi connectivity index (χ1) is 10.7. The van der Waals surface area contributed by atoms with E-state index in [1.54, 1.807) is 0 Å². The van der Waals surface area contributed by atoms with Gasteiger partial charge in [-0.2, -0.15) is 0 Å². The predicted octanol–water partition coefficient (Wildman–Crippen LogP) is -0.0953. The summed E-state index contributed by atoms with van der Waals surface area (Å²) in [4.78, 5) is 12.3. The van der Waals surface area contributed by atoms with Crippen LogP contribution in [0.1, 0.15) is 15.9 Å². The van der Waals surface area contributed by atoms with Gasteiger partial charge in [0.15, 0.2) is 0 Å². The van der Waals surface area contributed by atoms with Crippen LogP contribution in [0.15, 0.2) is 36.4 Å². The number of carbonyl (C=O) groups excluding carboxylic acids is 1. The first kappa shape index (κ1) is 15.1. The molecular formula is C15H12O8. The second kappa shape index (κ2) is 4.59. The fraction of sp³-hybridized carbons (Fsp3) is 0.133. The van der Waals surface area contributed by atoms with Gasteiger partial charge in [-0.1, -0.05) is 0 Å². The number of benzene rings is 2. The van der Waals surface area contributed by atoms with Crippen LogP contribution < -0.4 is 4.74 Å². The van der Waals surface area contributed by atoms with Crippen LogP contribution in [-0.2, 0) is 5.79 Å². The number of Topliss-reactive ketones (excluding diaryl/α,β-unsaturated/α-hetero) is 1. The normalized spacial score (nSPS) is 22.3. The number of aliphatic hydroxyl groups is 3. The van der Waals surface area contributed by atoms with Gasteiger partial charge < -0.3 is 35.4 Å². The van der Waals surface area contributed by atoms with E-state index in [9.17, 15) is 35.4 Å². The third kappa shape index (κ3) is 2.00. The molecule has 1 unspecified atom stereocenters. The van der Waals surface area contributed by atoms with Crippen molar-refractivity contribution in [3.8, 4) is 23.0 Å². The van der Waals surface area contributed by atoms with Crippen molar-refractivity contribution in [3.05, 3.63) is 47.5 Å². The molecule has 2 aromatic rings. The average molecular weight is 320 g/mol. The van der Waals surface area contributed by atoms with Gasteiger partial charge in [-0.15, -0.1) is 0 Å². The number of rotatable bonds is 1. The molecule has 6 N–H and O–H groups in total. The van der Waals surface area contributed by atoms with Gasteiger partial charge in [-0.05, 0) is 24.3 Å². The maximum Gasteiger partial charge on any atom is 0.301 e. The Bertz CT molecular complexity index is 796. The van der Waals surface area contributed by atoms with E-state index in [1.165, 1.54) is 0 Å². The molecule has 0 amide bonds. The molecule has 8 heteroatoms. The van der Waals surface area contributed by atoms with E-state index in [0.717, 1.165) is 36.4 Å². The predicted molar refractivity (Wildman–Crippen MR) is 73.9 cm³/mol. The van der Waals surface area contributed by atoms with Crippen LogP contribution in [0.25, 0.3) is 0 Å². The number of aromatic hydroxyl groups is 3. The third-order valence-electron chi connectivity index (χ3n) is 3.60. The zero-order chi connectivity index (χ0) is 17.0. The fourth-order valence-electron chi connectivity index (χ4n) is 2.40. The summed E-state index contributed by atoms with van der Waals surface area (Å²) in [5, 5.41) is 59.3. The number of fused-ring (bicyclic) bond motifs is 1. The highest BCUT2D eigenvalue weighted by Crippen LogP contribution is 2.47. The molecular weight excluding hydrogens is 308 g/mol. The molecule has 0 spiro atoms. The summed E-state index contributed by atoms with van der Waals surface area (Å²) < 4.78 is 5.13. The minimum Gasteiger partial charge on any atom is -0.508 e. The maximum atomic E-state index is 12.3. The van der Waals surface area contributed by atoms with Crippen molar-refractivity contribution >= 4 is 5.78 Å². The largest absolute Gasteiger partial charge is 0.508 e. The third-order valence-corrected chi connectivity index (χ3v) is 3.60. The highest BCUT2D eigenvalue weighted by molar-refractivity contribution is 6.07. The summed E-state index contributed by atoms with van der Waals surface area (Å²) in [5.41, 5.74) is -0.821. The summed E-state index contributed by atoms with van der Waals surface area (Å²) in [7, 11) is 0. The number of carbonyl (C=O) groups is 1. The van der Waals surface area contributed by atoms with Crippen molar-refractivity contribution in [2.24, 2.45) is 0 Å². The van der Waals surface area contributed by atoms with E-state index >= 15 is 0 Å². The zero-order valence-electron chi connectivity index (χ0n) is 11.5. The molecule has 1 heterocycles. The first-order valence-corrected chi connectivity index (χ1v) is 6.43. The second-order valence-electron chi connectivity index (χ2n) is 5.13. The van der Waals surface area contributed by atoms with E-state index < -0.39 is 40.2 Å². The smallest absolute Gasteiger partial charge is 0.301 e. The minimum atomic E-state index is -3.41. The molecule has 0 aliphatic carbocycles. The quantitative estimate of drug-likeness (QED) is 0.399. The van der Waals surface area contributed by atoms with Gasteiger partial charge in [0.1, 0.15) is 28.6 Å². The maximum absolute atomic E-state index is 12.3. The number of ketones is 1. The van der Waals surface area contributed by atoms with Crippen LogP contribution in [0, 0.1) is 0 Å². The molecule has 1 aliphatic rings. The molecule has 0 aromatic heterocycles. The molecule has 1 aliphatic heterocycles. The Kier molecular flexibility index (Phi) is 3.01. The summed E-state index contributed by atoms with van der Waals surface area (Å²) in [6.07, 6.45) is 0. The van der Waals surface area contributed by atoms with Gasteiger partial charge in [0.2, 0.25) is 5.78 Å². The molecule has 8 nitrogen and oxygen atoms in total. The van der Waals surface area contributed by atoms with Crippen molar-refractivity contribution in [2.75, 3.05) is 0 Å². The lowest BCUT2D eigenvalue weighted by Crippen LogP contribution is -2.62. The van der Waals surface area contributed by atoms with E-state index in [2.05, 4.69) is 0 Å². The number of hydrogen-bond donors (Lipinski definition) is 6. The van der Waals surface area contributed by atoms with Crippen molar-refractivity contribution in [1.82, 2.24) is 0 Å². The van der Waals surface area contributed by atoms with Gasteiger partial charge in [0.05, 0.1) is 0 Å². The topological polar surface area (TPSA) is 148 Å². The monoisotopic (exact) mass is 320 g/mol. The standard InChI is InChI=1S/C15H12O8/c16-8-3-1-7(2-4-8)15(22)14(20,21)13(19)12-10(18)5-9(17)6-11(12)23-15/h1-6,16-18,20-22H. The number of hydrogen-bond acceptors (Lipinski definition) is 8. The molecule has 0 saturated carbocycles. The molecule has 0 fully saturated rings. The van der Waals surface area contributed by atoms with Crippen molar-refractivity contribution < 1.29 is 40.2 Å². The van der Waals surface area contributed by atoms with Crippen LogP contribution in [0.5, 0.6) is 23.0 Å². The second-order valence-corrected chi connectivity index (χ2v) is 5.13. The van der Waals surface area contributed by atoms with E-state index in [4.69, 9.17) is 4.74 Å². The highest BCUT2D eigenvalue weighted by atomic mass is 16.7.